The van der Waals surface area contributed by atoms with Gasteiger partial charge in [0.25, 0.3) is 6.43 Å². The first-order valence-corrected chi connectivity index (χ1v) is 10.2. The largest absolute Gasteiger partial charge is 0.266 e. The van der Waals surface area contributed by atoms with Crippen LogP contribution in [0.15, 0.2) is 18.2 Å². The summed E-state index contributed by atoms with van der Waals surface area (Å²) in [5, 5.41) is 0. The van der Waals surface area contributed by atoms with Crippen molar-refractivity contribution in [2.24, 2.45) is 11.8 Å². The van der Waals surface area contributed by atoms with Gasteiger partial charge >= 0.3 is 0 Å². The van der Waals surface area contributed by atoms with Crippen molar-refractivity contribution in [2.75, 3.05) is 0 Å². The minimum atomic E-state index is -2.73. The van der Waals surface area contributed by atoms with Crippen LogP contribution in [0.2, 0.25) is 0 Å². The first kappa shape index (κ1) is 18.8. The Kier molecular flexibility index (Phi) is 6.84. The first-order valence-electron chi connectivity index (χ1n) is 10.2. The number of unbranched alkanes of at least 4 members (excludes halogenated alkanes) is 1. The summed E-state index contributed by atoms with van der Waals surface area (Å²) >= 11 is 0. The third-order valence-corrected chi connectivity index (χ3v) is 6.53. The average Bonchev–Trinajstić information content (AvgIpc) is 3.12. The van der Waals surface area contributed by atoms with Crippen LogP contribution in [-0.4, -0.2) is 0 Å². The predicted molar refractivity (Wildman–Crippen MR) is 96.5 cm³/mol. The lowest BCUT2D eigenvalue weighted by Gasteiger charge is -2.29. The number of rotatable bonds is 7. The summed E-state index contributed by atoms with van der Waals surface area (Å²) in [5.74, 6) is 1.41. The molecule has 25 heavy (non-hydrogen) atoms. The van der Waals surface area contributed by atoms with Crippen molar-refractivity contribution >= 4 is 0 Å². The zero-order chi connectivity index (χ0) is 17.6. The van der Waals surface area contributed by atoms with E-state index in [9.17, 15) is 13.2 Å². The summed E-state index contributed by atoms with van der Waals surface area (Å²) in [6, 6.07) is 4.32. The summed E-state index contributed by atoms with van der Waals surface area (Å²) in [6.45, 7) is 0. The topological polar surface area (TPSA) is 0 Å². The van der Waals surface area contributed by atoms with E-state index in [0.717, 1.165) is 30.2 Å². The molecule has 0 nitrogen and oxygen atoms in total. The van der Waals surface area contributed by atoms with Gasteiger partial charge in [0.05, 0.1) is 5.56 Å². The molecule has 3 heteroatoms. The van der Waals surface area contributed by atoms with Crippen LogP contribution in [0.4, 0.5) is 13.2 Å². The second-order valence-electron chi connectivity index (χ2n) is 8.23. The van der Waals surface area contributed by atoms with Crippen LogP contribution in [0.5, 0.6) is 0 Å². The van der Waals surface area contributed by atoms with Crippen LogP contribution < -0.4 is 0 Å². The maximum Gasteiger partial charge on any atom is 0.266 e. The second kappa shape index (κ2) is 9.09. The Labute approximate surface area is 150 Å². The third kappa shape index (κ3) is 5.24. The smallest absolute Gasteiger partial charge is 0.206 e. The molecule has 2 saturated carbocycles. The average molecular weight is 352 g/mol. The van der Waals surface area contributed by atoms with Crippen molar-refractivity contribution in [3.63, 3.8) is 0 Å². The highest BCUT2D eigenvalue weighted by atomic mass is 19.3. The minimum absolute atomic E-state index is 0.343. The van der Waals surface area contributed by atoms with Crippen LogP contribution >= 0.6 is 0 Å². The molecule has 0 N–H and O–H groups in total. The molecule has 2 aliphatic rings. The lowest BCUT2D eigenvalue weighted by Crippen LogP contribution is -2.14. The van der Waals surface area contributed by atoms with E-state index in [1.54, 1.807) is 6.07 Å². The Morgan fingerprint density at radius 1 is 0.840 bits per heavy atom. The van der Waals surface area contributed by atoms with Crippen LogP contribution in [0.3, 0.4) is 0 Å². The van der Waals surface area contributed by atoms with Crippen molar-refractivity contribution in [1.29, 1.82) is 0 Å². The molecule has 0 unspecified atom stereocenters. The van der Waals surface area contributed by atoms with Gasteiger partial charge in [0, 0.05) is 0 Å². The zero-order valence-electron chi connectivity index (χ0n) is 15.2. The Balaban J connectivity index is 1.38. The van der Waals surface area contributed by atoms with E-state index in [4.69, 9.17) is 0 Å². The monoisotopic (exact) mass is 352 g/mol. The van der Waals surface area contributed by atoms with Gasteiger partial charge in [-0.25, -0.2) is 13.2 Å². The van der Waals surface area contributed by atoms with E-state index in [1.807, 2.05) is 0 Å². The third-order valence-electron chi connectivity index (χ3n) is 6.53. The van der Waals surface area contributed by atoms with Crippen molar-refractivity contribution in [2.45, 2.75) is 89.4 Å². The lowest BCUT2D eigenvalue weighted by molar-refractivity contribution is 0.146. The highest BCUT2D eigenvalue weighted by Gasteiger charge is 2.24. The van der Waals surface area contributed by atoms with Gasteiger partial charge in [0.2, 0.25) is 0 Å². The van der Waals surface area contributed by atoms with Gasteiger partial charge in [-0.2, -0.15) is 0 Å². The second-order valence-corrected chi connectivity index (χ2v) is 8.23. The maximum absolute atomic E-state index is 13.8. The maximum atomic E-state index is 13.8. The lowest BCUT2D eigenvalue weighted by atomic mass is 9.77. The summed E-state index contributed by atoms with van der Waals surface area (Å²) in [5.41, 5.74) is 0.432. The number of hydrogen-bond donors (Lipinski definition) is 0. The summed E-state index contributed by atoms with van der Waals surface area (Å²) in [6.07, 6.45) is 13.1. The molecule has 0 radical (unpaired) electrons. The van der Waals surface area contributed by atoms with E-state index in [-0.39, 0.29) is 0 Å². The first-order chi connectivity index (χ1) is 12.1. The molecule has 0 amide bonds. The molecule has 2 fully saturated rings. The van der Waals surface area contributed by atoms with E-state index in [0.29, 0.717) is 5.92 Å². The Morgan fingerprint density at radius 2 is 1.44 bits per heavy atom. The molecule has 0 spiro atoms. The van der Waals surface area contributed by atoms with E-state index >= 15 is 0 Å². The molecule has 140 valence electrons. The van der Waals surface area contributed by atoms with Gasteiger partial charge in [0.1, 0.15) is 5.82 Å². The molecule has 0 atom stereocenters. The van der Waals surface area contributed by atoms with Gasteiger partial charge in [0.15, 0.2) is 0 Å². The van der Waals surface area contributed by atoms with Crippen molar-refractivity contribution in [3.05, 3.63) is 35.1 Å². The van der Waals surface area contributed by atoms with Gasteiger partial charge in [-0.05, 0) is 55.1 Å². The van der Waals surface area contributed by atoms with Crippen LogP contribution in [0.1, 0.15) is 101 Å². The molecule has 0 aliphatic heterocycles. The van der Waals surface area contributed by atoms with Gasteiger partial charge in [-0.15, -0.1) is 0 Å². The standard InChI is InChI=1S/C22H31F3/c23-21-15-19(13-14-20(21)22(24)25)18-11-9-17(10-12-18)8-4-3-7-16-5-1-2-6-16/h13-18,22H,1-12H2/t17-,18-. The highest BCUT2D eigenvalue weighted by molar-refractivity contribution is 5.28. The van der Waals surface area contributed by atoms with Crippen LogP contribution in [0, 0.1) is 17.7 Å². The SMILES string of the molecule is Fc1cc([C@H]2CC[C@H](CCCCC3CCCC3)CC2)ccc1C(F)F. The van der Waals surface area contributed by atoms with Crippen LogP contribution in [-0.2, 0) is 0 Å². The Hall–Kier alpha value is -0.990. The molecular weight excluding hydrogens is 321 g/mol. The van der Waals surface area contributed by atoms with E-state index < -0.39 is 17.8 Å². The van der Waals surface area contributed by atoms with Gasteiger partial charge < -0.3 is 0 Å². The number of hydrogen-bond acceptors (Lipinski definition) is 0. The molecule has 1 aromatic rings. The van der Waals surface area contributed by atoms with Crippen molar-refractivity contribution in [3.8, 4) is 0 Å². The number of alkyl halides is 2. The minimum Gasteiger partial charge on any atom is -0.206 e. The van der Waals surface area contributed by atoms with Crippen LogP contribution in [0.25, 0.3) is 0 Å². The predicted octanol–water partition coefficient (Wildman–Crippen LogP) is 7.79. The summed E-state index contributed by atoms with van der Waals surface area (Å²) in [7, 11) is 0. The molecule has 0 saturated heterocycles. The van der Waals surface area contributed by atoms with E-state index in [2.05, 4.69) is 0 Å². The summed E-state index contributed by atoms with van der Waals surface area (Å²) in [4.78, 5) is 0. The van der Waals surface area contributed by atoms with E-state index in [1.165, 1.54) is 76.3 Å². The molecule has 1 aromatic carbocycles. The number of halogens is 3. The fourth-order valence-corrected chi connectivity index (χ4v) is 4.92. The van der Waals surface area contributed by atoms with Crippen molar-refractivity contribution < 1.29 is 13.2 Å². The fourth-order valence-electron chi connectivity index (χ4n) is 4.92. The number of benzene rings is 1. The molecule has 0 heterocycles. The van der Waals surface area contributed by atoms with Crippen molar-refractivity contribution in [1.82, 2.24) is 0 Å². The quantitative estimate of drug-likeness (QED) is 0.439. The molecule has 0 aromatic heterocycles. The summed E-state index contributed by atoms with van der Waals surface area (Å²) < 4.78 is 39.1. The molecule has 2 aliphatic carbocycles. The molecular formula is C22H31F3. The molecule has 0 bridgehead atoms. The van der Waals surface area contributed by atoms with Gasteiger partial charge in [-0.1, -0.05) is 63.5 Å². The Bertz CT molecular complexity index is 526. The highest BCUT2D eigenvalue weighted by Crippen LogP contribution is 2.39. The Morgan fingerprint density at radius 3 is 2.00 bits per heavy atom. The fraction of sp³-hybridized carbons (Fsp3) is 0.727. The normalized spacial score (nSPS) is 25.0. The molecule has 3 rings (SSSR count). The van der Waals surface area contributed by atoms with Gasteiger partial charge in [-0.3, -0.25) is 0 Å². The zero-order valence-corrected chi connectivity index (χ0v) is 15.2.